The summed E-state index contributed by atoms with van der Waals surface area (Å²) in [5.41, 5.74) is 0. The van der Waals surface area contributed by atoms with Crippen LogP contribution in [0, 0.1) is 0 Å². The predicted molar refractivity (Wildman–Crippen MR) is 66.1 cm³/mol. The van der Waals surface area contributed by atoms with Gasteiger partial charge in [0.2, 0.25) is 11.8 Å². The Kier molecular flexibility index (Phi) is 3.95. The summed E-state index contributed by atoms with van der Waals surface area (Å²) in [5.74, 6) is 1.38. The van der Waals surface area contributed by atoms with Crippen molar-refractivity contribution in [2.75, 3.05) is 11.8 Å². The third-order valence-electron chi connectivity index (χ3n) is 2.29. The second-order valence-electron chi connectivity index (χ2n) is 3.39. The molecule has 2 amide bonds. The molecule has 0 spiro atoms. The summed E-state index contributed by atoms with van der Waals surface area (Å²) in [4.78, 5) is 26.6. The monoisotopic (exact) mass is 256 g/mol. The summed E-state index contributed by atoms with van der Waals surface area (Å²) in [5, 5.41) is 3.78. The van der Waals surface area contributed by atoms with Gasteiger partial charge in [-0.05, 0) is 10.8 Å². The third kappa shape index (κ3) is 2.82. The Hall–Kier alpha value is -0.880. The molecule has 0 atom stereocenters. The fourth-order valence-electron chi connectivity index (χ4n) is 1.38. The van der Waals surface area contributed by atoms with Crippen LogP contribution < -0.4 is 0 Å². The lowest BCUT2D eigenvalue weighted by molar-refractivity contribution is -0.133. The number of carbonyl (C=O) groups is 2. The van der Waals surface area contributed by atoms with E-state index in [2.05, 4.69) is 0 Å². The first kappa shape index (κ1) is 11.6. The normalized spacial score (nSPS) is 18.5. The third-order valence-corrected chi connectivity index (χ3v) is 3.78. The van der Waals surface area contributed by atoms with Crippen LogP contribution in [0.2, 0.25) is 0 Å². The Bertz CT molecular complexity index is 321. The molecule has 6 heteroatoms. The van der Waals surface area contributed by atoms with Gasteiger partial charge in [-0.25, -0.2) is 0 Å². The molecule has 0 bridgehead atoms. The zero-order chi connectivity index (χ0) is 11.4. The summed E-state index contributed by atoms with van der Waals surface area (Å²) in [6.07, 6.45) is 4.11. The Balaban J connectivity index is 1.74. The fraction of sp³-hybridized carbons (Fsp3) is 0.400. The summed E-state index contributed by atoms with van der Waals surface area (Å²) < 4.78 is 0. The number of hydrogen-bond donors (Lipinski definition) is 0. The van der Waals surface area contributed by atoms with Gasteiger partial charge in [-0.1, -0.05) is 0 Å². The molecule has 16 heavy (non-hydrogen) atoms. The number of hydrogen-bond acceptors (Lipinski definition) is 4. The maximum atomic E-state index is 11.6. The topological polar surface area (TPSA) is 40.6 Å². The van der Waals surface area contributed by atoms with E-state index in [-0.39, 0.29) is 11.8 Å². The van der Waals surface area contributed by atoms with Crippen molar-refractivity contribution in [3.63, 3.8) is 0 Å². The van der Waals surface area contributed by atoms with Gasteiger partial charge in [0.05, 0.1) is 11.8 Å². The minimum Gasteiger partial charge on any atom is -0.308 e. The number of carbonyl (C=O) groups excluding carboxylic acids is 2. The van der Waals surface area contributed by atoms with Crippen LogP contribution in [0.5, 0.6) is 0 Å². The van der Waals surface area contributed by atoms with Gasteiger partial charge in [0.1, 0.15) is 0 Å². The van der Waals surface area contributed by atoms with Crippen LogP contribution in [0.1, 0.15) is 12.8 Å². The van der Waals surface area contributed by atoms with Gasteiger partial charge in [-0.15, -0.1) is 23.5 Å². The molecule has 2 rings (SSSR count). The van der Waals surface area contributed by atoms with E-state index in [0.717, 1.165) is 0 Å². The second-order valence-corrected chi connectivity index (χ2v) is 5.12. The highest BCUT2D eigenvalue weighted by Gasteiger charge is 2.18. The van der Waals surface area contributed by atoms with Gasteiger partial charge < -0.3 is 9.80 Å². The van der Waals surface area contributed by atoms with E-state index in [1.54, 1.807) is 45.7 Å². The van der Waals surface area contributed by atoms with Crippen LogP contribution in [0.4, 0.5) is 0 Å². The molecule has 0 radical (unpaired) electrons. The Labute approximate surface area is 103 Å². The molecule has 0 aromatic carbocycles. The van der Waals surface area contributed by atoms with Gasteiger partial charge in [-0.3, -0.25) is 9.59 Å². The molecule has 2 heterocycles. The van der Waals surface area contributed by atoms with E-state index in [1.807, 2.05) is 10.8 Å². The molecule has 4 nitrogen and oxygen atoms in total. The molecule has 0 saturated heterocycles. The second kappa shape index (κ2) is 5.45. The lowest BCUT2D eigenvalue weighted by atomic mass is 10.2. The van der Waals surface area contributed by atoms with Gasteiger partial charge in [-0.2, -0.15) is 0 Å². The highest BCUT2D eigenvalue weighted by molar-refractivity contribution is 8.02. The Morgan fingerprint density at radius 1 is 0.938 bits per heavy atom. The van der Waals surface area contributed by atoms with Crippen molar-refractivity contribution in [2.24, 2.45) is 0 Å². The van der Waals surface area contributed by atoms with Crippen molar-refractivity contribution in [1.29, 1.82) is 0 Å². The molecule has 86 valence electrons. The average Bonchev–Trinajstić information content (AvgIpc) is 2.95. The Morgan fingerprint density at radius 3 is 1.69 bits per heavy atom. The van der Waals surface area contributed by atoms with E-state index in [4.69, 9.17) is 0 Å². The number of rotatable bonds is 3. The summed E-state index contributed by atoms with van der Waals surface area (Å²) in [6.45, 7) is 0. The minimum absolute atomic E-state index is 0.0189. The first-order valence-corrected chi connectivity index (χ1v) is 7.02. The van der Waals surface area contributed by atoms with E-state index >= 15 is 0 Å². The molecular weight excluding hydrogens is 244 g/mol. The summed E-state index contributed by atoms with van der Waals surface area (Å²) >= 11 is 3.17. The quantitative estimate of drug-likeness (QED) is 0.771. The molecule has 2 aliphatic heterocycles. The van der Waals surface area contributed by atoms with Crippen LogP contribution >= 0.6 is 23.5 Å². The van der Waals surface area contributed by atoms with Crippen molar-refractivity contribution in [1.82, 2.24) is 9.80 Å². The largest absolute Gasteiger partial charge is 0.308 e. The maximum Gasteiger partial charge on any atom is 0.227 e. The van der Waals surface area contributed by atoms with Gasteiger partial charge in [0, 0.05) is 25.2 Å². The highest BCUT2D eigenvalue weighted by atomic mass is 32.2. The smallest absolute Gasteiger partial charge is 0.227 e. The van der Waals surface area contributed by atoms with E-state index in [9.17, 15) is 9.59 Å². The van der Waals surface area contributed by atoms with Crippen molar-refractivity contribution >= 4 is 35.3 Å². The summed E-state index contributed by atoms with van der Waals surface area (Å²) in [7, 11) is 0. The van der Waals surface area contributed by atoms with Crippen molar-refractivity contribution in [2.45, 2.75) is 12.8 Å². The highest BCUT2D eigenvalue weighted by Crippen LogP contribution is 2.18. The van der Waals surface area contributed by atoms with Crippen LogP contribution in [0.25, 0.3) is 0 Å². The lowest BCUT2D eigenvalue weighted by Gasteiger charge is -2.14. The van der Waals surface area contributed by atoms with Crippen LogP contribution in [-0.2, 0) is 9.59 Å². The molecular formula is C10H12N2O2S2. The fourth-order valence-corrected chi connectivity index (χ4v) is 2.80. The van der Waals surface area contributed by atoms with E-state index in [0.29, 0.717) is 24.6 Å². The van der Waals surface area contributed by atoms with Gasteiger partial charge >= 0.3 is 0 Å². The van der Waals surface area contributed by atoms with Crippen LogP contribution in [0.3, 0.4) is 0 Å². The molecule has 0 unspecified atom stereocenters. The zero-order valence-corrected chi connectivity index (χ0v) is 10.3. The van der Waals surface area contributed by atoms with Crippen molar-refractivity contribution in [3.05, 3.63) is 23.2 Å². The lowest BCUT2D eigenvalue weighted by Crippen LogP contribution is -2.27. The average molecular weight is 256 g/mol. The molecule has 0 aliphatic carbocycles. The number of nitrogens with zero attached hydrogens (tertiary/aromatic N) is 2. The zero-order valence-electron chi connectivity index (χ0n) is 8.67. The Morgan fingerprint density at radius 2 is 1.38 bits per heavy atom. The van der Waals surface area contributed by atoms with Crippen molar-refractivity contribution in [3.8, 4) is 0 Å². The molecule has 0 saturated carbocycles. The SMILES string of the molecule is O=C(CCC(=O)N1C=CSC1)N1C=CSC1. The van der Waals surface area contributed by atoms with Crippen LogP contribution in [0.15, 0.2) is 23.2 Å². The first-order chi connectivity index (χ1) is 7.77. The molecule has 0 N–H and O–H groups in total. The molecule has 0 fully saturated rings. The maximum absolute atomic E-state index is 11.6. The standard InChI is InChI=1S/C10H12N2O2S2/c13-9(11-3-5-15-7-11)1-2-10(14)12-4-6-16-8-12/h3-6H,1-2,7-8H2. The summed E-state index contributed by atoms with van der Waals surface area (Å²) in [6, 6.07) is 0. The van der Waals surface area contributed by atoms with E-state index in [1.165, 1.54) is 0 Å². The van der Waals surface area contributed by atoms with Gasteiger partial charge in [0.25, 0.3) is 0 Å². The van der Waals surface area contributed by atoms with E-state index < -0.39 is 0 Å². The molecule has 0 aromatic rings. The molecule has 0 aromatic heterocycles. The van der Waals surface area contributed by atoms with Crippen molar-refractivity contribution < 1.29 is 9.59 Å². The van der Waals surface area contributed by atoms with Crippen LogP contribution in [-0.4, -0.2) is 33.4 Å². The predicted octanol–water partition coefficient (Wildman–Crippen LogP) is 1.77. The molecule has 2 aliphatic rings. The number of thioether (sulfide) groups is 2. The number of amides is 2. The van der Waals surface area contributed by atoms with Gasteiger partial charge in [0.15, 0.2) is 0 Å². The first-order valence-electron chi connectivity index (χ1n) is 4.93. The minimum atomic E-state index is 0.0189.